The zero-order chi connectivity index (χ0) is 23.0. The van der Waals surface area contributed by atoms with Gasteiger partial charge in [-0.25, -0.2) is 13.8 Å². The predicted octanol–water partition coefficient (Wildman–Crippen LogP) is 2.13. The first kappa shape index (κ1) is 23.6. The molecule has 2 aromatic rings. The Morgan fingerprint density at radius 1 is 1.09 bits per heavy atom. The lowest BCUT2D eigenvalue weighted by atomic mass is 10.2. The number of benzene rings is 2. The van der Waals surface area contributed by atoms with Crippen molar-refractivity contribution in [1.29, 1.82) is 0 Å². The fourth-order valence-corrected chi connectivity index (χ4v) is 4.75. The maximum absolute atomic E-state index is 12.8. The lowest BCUT2D eigenvalue weighted by Crippen LogP contribution is -2.50. The minimum atomic E-state index is -3.51. The standard InChI is InChI=1S/C23H28N4O4S/c1-19-9-11-21(12-10-19)32(29,30)27-16-14-26(15-17-27)18-23(28)25-24-13-5-7-20-6-3-4-8-22(20)31-2/h3-13H,14-18H2,1-2H3,(H,25,28)/b7-5+,24-13-. The Balaban J connectivity index is 1.44. The quantitative estimate of drug-likeness (QED) is 0.485. The van der Waals surface area contributed by atoms with Gasteiger partial charge in [-0.2, -0.15) is 9.41 Å². The Hall–Kier alpha value is -3.01. The summed E-state index contributed by atoms with van der Waals surface area (Å²) >= 11 is 0. The fraction of sp³-hybridized carbons (Fsp3) is 0.304. The molecule has 3 rings (SSSR count). The molecule has 1 N–H and O–H groups in total. The maximum atomic E-state index is 12.8. The largest absolute Gasteiger partial charge is 0.496 e. The van der Waals surface area contributed by atoms with Gasteiger partial charge in [-0.3, -0.25) is 9.69 Å². The third-order valence-corrected chi connectivity index (χ3v) is 7.03. The molecule has 0 aromatic heterocycles. The molecule has 0 unspecified atom stereocenters. The molecule has 0 spiro atoms. The Morgan fingerprint density at radius 3 is 2.47 bits per heavy atom. The summed E-state index contributed by atoms with van der Waals surface area (Å²) in [6, 6.07) is 14.4. The molecule has 1 aliphatic rings. The van der Waals surface area contributed by atoms with Gasteiger partial charge in [0.15, 0.2) is 0 Å². The zero-order valence-electron chi connectivity index (χ0n) is 18.3. The van der Waals surface area contributed by atoms with Gasteiger partial charge in [-0.1, -0.05) is 35.9 Å². The second-order valence-corrected chi connectivity index (χ2v) is 9.35. The monoisotopic (exact) mass is 456 g/mol. The molecular weight excluding hydrogens is 428 g/mol. The molecule has 0 radical (unpaired) electrons. The first-order valence-corrected chi connectivity index (χ1v) is 11.7. The number of methoxy groups -OCH3 is 1. The van der Waals surface area contributed by atoms with Crippen LogP contribution in [-0.2, 0) is 14.8 Å². The van der Waals surface area contributed by atoms with Crippen LogP contribution < -0.4 is 10.2 Å². The molecule has 0 bridgehead atoms. The number of hydrazone groups is 1. The van der Waals surface area contributed by atoms with Crippen LogP contribution in [0.2, 0.25) is 0 Å². The zero-order valence-corrected chi connectivity index (χ0v) is 19.1. The van der Waals surface area contributed by atoms with E-state index in [4.69, 9.17) is 4.74 Å². The molecule has 170 valence electrons. The van der Waals surface area contributed by atoms with Crippen molar-refractivity contribution in [3.8, 4) is 5.75 Å². The van der Waals surface area contributed by atoms with Gasteiger partial charge in [0.25, 0.3) is 5.91 Å². The van der Waals surface area contributed by atoms with E-state index in [1.807, 2.05) is 42.2 Å². The van der Waals surface area contributed by atoms with E-state index < -0.39 is 10.0 Å². The highest BCUT2D eigenvalue weighted by Gasteiger charge is 2.28. The lowest BCUT2D eigenvalue weighted by Gasteiger charge is -2.33. The van der Waals surface area contributed by atoms with Crippen LogP contribution in [0.15, 0.2) is 64.6 Å². The van der Waals surface area contributed by atoms with E-state index >= 15 is 0 Å². The van der Waals surface area contributed by atoms with Crippen LogP contribution in [0, 0.1) is 6.92 Å². The van der Waals surface area contributed by atoms with Crippen LogP contribution in [-0.4, -0.2) is 69.6 Å². The number of amides is 1. The normalized spacial score (nSPS) is 15.9. The Bertz CT molecular complexity index is 1070. The number of piperazine rings is 1. The van der Waals surface area contributed by atoms with E-state index in [-0.39, 0.29) is 12.5 Å². The first-order chi connectivity index (χ1) is 15.4. The summed E-state index contributed by atoms with van der Waals surface area (Å²) in [5.41, 5.74) is 4.41. The van der Waals surface area contributed by atoms with Gasteiger partial charge in [-0.05, 0) is 37.3 Å². The number of nitrogens with zero attached hydrogens (tertiary/aromatic N) is 3. The molecule has 8 nitrogen and oxygen atoms in total. The van der Waals surface area contributed by atoms with Crippen LogP contribution in [0.5, 0.6) is 5.75 Å². The summed E-state index contributed by atoms with van der Waals surface area (Å²) in [7, 11) is -1.90. The SMILES string of the molecule is COc1ccccc1/C=C/C=N\NC(=O)CN1CCN(S(=O)(=O)c2ccc(C)cc2)CC1. The third kappa shape index (κ3) is 6.25. The minimum Gasteiger partial charge on any atom is -0.496 e. The second kappa shape index (κ2) is 11.0. The molecule has 32 heavy (non-hydrogen) atoms. The average molecular weight is 457 g/mol. The van der Waals surface area contributed by atoms with Gasteiger partial charge in [0.1, 0.15) is 5.75 Å². The van der Waals surface area contributed by atoms with Crippen molar-refractivity contribution in [2.45, 2.75) is 11.8 Å². The summed E-state index contributed by atoms with van der Waals surface area (Å²) in [6.45, 7) is 3.72. The molecule has 0 atom stereocenters. The van der Waals surface area contributed by atoms with Crippen LogP contribution in [0.1, 0.15) is 11.1 Å². The highest BCUT2D eigenvalue weighted by atomic mass is 32.2. The van der Waals surface area contributed by atoms with Crippen LogP contribution in [0.4, 0.5) is 0 Å². The van der Waals surface area contributed by atoms with E-state index in [1.54, 1.807) is 37.5 Å². The molecule has 1 aliphatic heterocycles. The van der Waals surface area contributed by atoms with E-state index in [1.165, 1.54) is 10.5 Å². The van der Waals surface area contributed by atoms with Crippen LogP contribution in [0.3, 0.4) is 0 Å². The van der Waals surface area contributed by atoms with Crippen LogP contribution in [0.25, 0.3) is 6.08 Å². The predicted molar refractivity (Wildman–Crippen MR) is 125 cm³/mol. The van der Waals surface area contributed by atoms with Crippen molar-refractivity contribution in [1.82, 2.24) is 14.6 Å². The number of nitrogens with one attached hydrogen (secondary N) is 1. The Morgan fingerprint density at radius 2 is 1.78 bits per heavy atom. The van der Waals surface area contributed by atoms with Gasteiger partial charge >= 0.3 is 0 Å². The number of rotatable bonds is 8. The first-order valence-electron chi connectivity index (χ1n) is 10.3. The summed E-state index contributed by atoms with van der Waals surface area (Å²) in [6.07, 6.45) is 5.05. The highest BCUT2D eigenvalue weighted by molar-refractivity contribution is 7.89. The van der Waals surface area contributed by atoms with Crippen LogP contribution >= 0.6 is 0 Å². The summed E-state index contributed by atoms with van der Waals surface area (Å²) in [5, 5.41) is 3.92. The van der Waals surface area contributed by atoms with Gasteiger partial charge < -0.3 is 4.74 Å². The molecule has 1 saturated heterocycles. The fourth-order valence-electron chi connectivity index (χ4n) is 3.33. The molecule has 0 aliphatic carbocycles. The third-order valence-electron chi connectivity index (χ3n) is 5.12. The molecule has 1 heterocycles. The molecular formula is C23H28N4O4S. The van der Waals surface area contributed by atoms with E-state index in [0.717, 1.165) is 16.9 Å². The Kier molecular flexibility index (Phi) is 8.15. The Labute approximate surface area is 189 Å². The van der Waals surface area contributed by atoms with Crippen molar-refractivity contribution in [2.75, 3.05) is 39.8 Å². The van der Waals surface area contributed by atoms with Gasteiger partial charge in [-0.15, -0.1) is 0 Å². The summed E-state index contributed by atoms with van der Waals surface area (Å²) in [5.74, 6) is 0.506. The van der Waals surface area contributed by atoms with E-state index in [0.29, 0.717) is 31.1 Å². The number of ether oxygens (including phenoxy) is 1. The highest BCUT2D eigenvalue weighted by Crippen LogP contribution is 2.19. The van der Waals surface area contributed by atoms with Gasteiger partial charge in [0.2, 0.25) is 10.0 Å². The number of allylic oxidation sites excluding steroid dienone is 1. The van der Waals surface area contributed by atoms with Crippen molar-refractivity contribution in [2.24, 2.45) is 5.10 Å². The number of aryl methyl sites for hydroxylation is 1. The lowest BCUT2D eigenvalue weighted by molar-refractivity contribution is -0.122. The molecule has 1 amide bonds. The molecule has 0 saturated carbocycles. The minimum absolute atomic E-state index is 0.159. The molecule has 2 aromatic carbocycles. The van der Waals surface area contributed by atoms with E-state index in [2.05, 4.69) is 10.5 Å². The number of sulfonamides is 1. The number of hydrogen-bond acceptors (Lipinski definition) is 6. The van der Waals surface area contributed by atoms with Gasteiger partial charge in [0.05, 0.1) is 18.6 Å². The average Bonchev–Trinajstić information content (AvgIpc) is 2.80. The van der Waals surface area contributed by atoms with Crippen molar-refractivity contribution >= 4 is 28.2 Å². The summed E-state index contributed by atoms with van der Waals surface area (Å²) < 4.78 is 32.3. The smallest absolute Gasteiger partial charge is 0.254 e. The number of hydrogen-bond donors (Lipinski definition) is 1. The van der Waals surface area contributed by atoms with Gasteiger partial charge in [0, 0.05) is 38.0 Å². The molecule has 1 fully saturated rings. The van der Waals surface area contributed by atoms with Crippen molar-refractivity contribution in [3.63, 3.8) is 0 Å². The number of para-hydroxylation sites is 1. The summed E-state index contributed by atoms with van der Waals surface area (Å²) in [4.78, 5) is 14.3. The number of carbonyl (C=O) groups is 1. The topological polar surface area (TPSA) is 91.3 Å². The maximum Gasteiger partial charge on any atom is 0.254 e. The van der Waals surface area contributed by atoms with Crippen molar-refractivity contribution < 1.29 is 17.9 Å². The second-order valence-electron chi connectivity index (χ2n) is 7.41. The van der Waals surface area contributed by atoms with E-state index in [9.17, 15) is 13.2 Å². The molecule has 9 heteroatoms. The van der Waals surface area contributed by atoms with Crippen molar-refractivity contribution in [3.05, 3.63) is 65.7 Å². The number of carbonyl (C=O) groups excluding carboxylic acids is 1.